The standard InChI is InChI=1S/C21H23FN2O/c22-19-11-8-17(9-12-19)10-13-21(25)23-16-20(24-14-4-5-15-24)18-6-2-1-3-7-18/h1-3,6-13,20H,4-5,14-16H2,(H,23,25). The summed E-state index contributed by atoms with van der Waals surface area (Å²) in [6, 6.07) is 16.6. The van der Waals surface area contributed by atoms with Crippen LogP contribution >= 0.6 is 0 Å². The van der Waals surface area contributed by atoms with Gasteiger partial charge in [-0.25, -0.2) is 4.39 Å². The number of carbonyl (C=O) groups is 1. The van der Waals surface area contributed by atoms with Crippen LogP contribution in [0, 0.1) is 5.82 Å². The van der Waals surface area contributed by atoms with E-state index in [1.807, 2.05) is 18.2 Å². The first kappa shape index (κ1) is 17.4. The summed E-state index contributed by atoms with van der Waals surface area (Å²) in [5.74, 6) is -0.414. The van der Waals surface area contributed by atoms with E-state index in [0.717, 1.165) is 18.7 Å². The highest BCUT2D eigenvalue weighted by Crippen LogP contribution is 2.24. The van der Waals surface area contributed by atoms with Crippen molar-refractivity contribution in [2.24, 2.45) is 0 Å². The number of amides is 1. The molecule has 1 atom stereocenters. The van der Waals surface area contributed by atoms with Crippen molar-refractivity contribution >= 4 is 12.0 Å². The Balaban J connectivity index is 1.60. The van der Waals surface area contributed by atoms with Crippen molar-refractivity contribution in [3.63, 3.8) is 0 Å². The number of nitrogens with one attached hydrogen (secondary N) is 1. The molecule has 3 nitrogen and oxygen atoms in total. The highest BCUT2D eigenvalue weighted by atomic mass is 19.1. The average molecular weight is 338 g/mol. The number of nitrogens with zero attached hydrogens (tertiary/aromatic N) is 1. The molecular weight excluding hydrogens is 315 g/mol. The van der Waals surface area contributed by atoms with Gasteiger partial charge in [0.25, 0.3) is 0 Å². The van der Waals surface area contributed by atoms with Crippen molar-refractivity contribution in [3.05, 3.63) is 77.6 Å². The summed E-state index contributed by atoms with van der Waals surface area (Å²) in [5.41, 5.74) is 2.03. The third-order valence-electron chi connectivity index (χ3n) is 4.53. The van der Waals surface area contributed by atoms with E-state index < -0.39 is 0 Å². The Morgan fingerprint density at radius 3 is 2.44 bits per heavy atom. The lowest BCUT2D eigenvalue weighted by Crippen LogP contribution is -2.36. The average Bonchev–Trinajstić information content (AvgIpc) is 3.17. The van der Waals surface area contributed by atoms with Crippen molar-refractivity contribution in [2.45, 2.75) is 18.9 Å². The molecule has 130 valence electrons. The van der Waals surface area contributed by atoms with Crippen molar-refractivity contribution in [1.82, 2.24) is 10.2 Å². The van der Waals surface area contributed by atoms with Gasteiger partial charge in [-0.05, 0) is 55.3 Å². The van der Waals surface area contributed by atoms with Crippen LogP contribution in [0.2, 0.25) is 0 Å². The maximum atomic E-state index is 12.9. The number of rotatable bonds is 6. The summed E-state index contributed by atoms with van der Waals surface area (Å²) in [5, 5.41) is 3.00. The second-order valence-electron chi connectivity index (χ2n) is 6.30. The molecule has 1 aliphatic rings. The van der Waals surface area contributed by atoms with Crippen LogP contribution in [0.15, 0.2) is 60.7 Å². The lowest BCUT2D eigenvalue weighted by atomic mass is 10.1. The smallest absolute Gasteiger partial charge is 0.244 e. The summed E-state index contributed by atoms with van der Waals surface area (Å²) in [6.07, 6.45) is 5.62. The zero-order chi connectivity index (χ0) is 17.5. The van der Waals surface area contributed by atoms with Crippen molar-refractivity contribution in [2.75, 3.05) is 19.6 Å². The maximum absolute atomic E-state index is 12.9. The largest absolute Gasteiger partial charge is 0.351 e. The fraction of sp³-hybridized carbons (Fsp3) is 0.286. The molecule has 4 heteroatoms. The maximum Gasteiger partial charge on any atom is 0.244 e. The number of likely N-dealkylation sites (tertiary alicyclic amines) is 1. The zero-order valence-corrected chi connectivity index (χ0v) is 14.2. The molecule has 0 spiro atoms. The van der Waals surface area contributed by atoms with E-state index in [1.165, 1.54) is 36.6 Å². The number of halogens is 1. The SMILES string of the molecule is O=C(C=Cc1ccc(F)cc1)NCC(c1ccccc1)N1CCCC1. The predicted molar refractivity (Wildman–Crippen MR) is 98.4 cm³/mol. The van der Waals surface area contributed by atoms with Crippen LogP contribution < -0.4 is 5.32 Å². The minimum absolute atomic E-state index is 0.135. The quantitative estimate of drug-likeness (QED) is 0.813. The molecule has 1 unspecified atom stereocenters. The van der Waals surface area contributed by atoms with Gasteiger partial charge in [0.2, 0.25) is 5.91 Å². The second kappa shape index (κ2) is 8.58. The molecule has 1 N–H and O–H groups in total. The number of hydrogen-bond acceptors (Lipinski definition) is 2. The fourth-order valence-corrected chi connectivity index (χ4v) is 3.19. The molecule has 0 saturated carbocycles. The van der Waals surface area contributed by atoms with Crippen LogP contribution in [0.25, 0.3) is 6.08 Å². The highest BCUT2D eigenvalue weighted by molar-refractivity contribution is 5.91. The molecule has 0 aromatic heterocycles. The van der Waals surface area contributed by atoms with Crippen LogP contribution in [0.5, 0.6) is 0 Å². The van der Waals surface area contributed by atoms with Crippen LogP contribution in [-0.4, -0.2) is 30.4 Å². The summed E-state index contributed by atoms with van der Waals surface area (Å²) >= 11 is 0. The predicted octanol–water partition coefficient (Wildman–Crippen LogP) is 3.79. The molecule has 3 rings (SSSR count). The van der Waals surface area contributed by atoms with Crippen LogP contribution in [0.4, 0.5) is 4.39 Å². The van der Waals surface area contributed by atoms with Gasteiger partial charge in [0.05, 0.1) is 6.04 Å². The molecule has 0 radical (unpaired) electrons. The number of carbonyl (C=O) groups excluding carboxylic acids is 1. The van der Waals surface area contributed by atoms with E-state index in [4.69, 9.17) is 0 Å². The monoisotopic (exact) mass is 338 g/mol. The van der Waals surface area contributed by atoms with Gasteiger partial charge in [0, 0.05) is 12.6 Å². The van der Waals surface area contributed by atoms with Crippen LogP contribution in [0.1, 0.15) is 30.0 Å². The van der Waals surface area contributed by atoms with Crippen LogP contribution in [0.3, 0.4) is 0 Å². The summed E-state index contributed by atoms with van der Waals surface area (Å²) in [7, 11) is 0. The third-order valence-corrected chi connectivity index (χ3v) is 4.53. The Morgan fingerprint density at radius 2 is 1.76 bits per heavy atom. The summed E-state index contributed by atoms with van der Waals surface area (Å²) in [4.78, 5) is 14.6. The Bertz CT molecular complexity index is 706. The van der Waals surface area contributed by atoms with E-state index in [1.54, 1.807) is 18.2 Å². The first-order valence-electron chi connectivity index (χ1n) is 8.73. The van der Waals surface area contributed by atoms with E-state index >= 15 is 0 Å². The molecule has 1 fully saturated rings. The second-order valence-corrected chi connectivity index (χ2v) is 6.30. The third kappa shape index (κ3) is 5.00. The van der Waals surface area contributed by atoms with E-state index in [2.05, 4.69) is 22.3 Å². The molecule has 1 amide bonds. The van der Waals surface area contributed by atoms with E-state index in [9.17, 15) is 9.18 Å². The van der Waals surface area contributed by atoms with Crippen LogP contribution in [-0.2, 0) is 4.79 Å². The normalized spacial score (nSPS) is 16.2. The van der Waals surface area contributed by atoms with Gasteiger partial charge in [-0.2, -0.15) is 0 Å². The highest BCUT2D eigenvalue weighted by Gasteiger charge is 2.23. The van der Waals surface area contributed by atoms with Gasteiger partial charge in [0.15, 0.2) is 0 Å². The van der Waals surface area contributed by atoms with E-state index in [-0.39, 0.29) is 17.8 Å². The molecule has 0 bridgehead atoms. The molecule has 0 aliphatic carbocycles. The topological polar surface area (TPSA) is 32.3 Å². The number of benzene rings is 2. The Hall–Kier alpha value is -2.46. The number of hydrogen-bond donors (Lipinski definition) is 1. The zero-order valence-electron chi connectivity index (χ0n) is 14.2. The van der Waals surface area contributed by atoms with E-state index in [0.29, 0.717) is 6.54 Å². The fourth-order valence-electron chi connectivity index (χ4n) is 3.19. The minimum atomic E-state index is -0.280. The van der Waals surface area contributed by atoms with Crippen molar-refractivity contribution in [3.8, 4) is 0 Å². The molecule has 1 aliphatic heterocycles. The Labute approximate surface area is 148 Å². The minimum Gasteiger partial charge on any atom is -0.351 e. The van der Waals surface area contributed by atoms with Crippen molar-refractivity contribution in [1.29, 1.82) is 0 Å². The Kier molecular flexibility index (Phi) is 5.96. The lowest BCUT2D eigenvalue weighted by Gasteiger charge is -2.28. The molecular formula is C21H23FN2O. The molecule has 2 aromatic carbocycles. The van der Waals surface area contributed by atoms with Gasteiger partial charge in [-0.15, -0.1) is 0 Å². The lowest BCUT2D eigenvalue weighted by molar-refractivity contribution is -0.116. The Morgan fingerprint density at radius 1 is 1.08 bits per heavy atom. The molecule has 1 heterocycles. The summed E-state index contributed by atoms with van der Waals surface area (Å²) in [6.45, 7) is 2.72. The van der Waals surface area contributed by atoms with Gasteiger partial charge in [-0.3, -0.25) is 9.69 Å². The molecule has 2 aromatic rings. The van der Waals surface area contributed by atoms with Crippen molar-refractivity contribution < 1.29 is 9.18 Å². The first-order valence-corrected chi connectivity index (χ1v) is 8.73. The summed E-state index contributed by atoms with van der Waals surface area (Å²) < 4.78 is 12.9. The van der Waals surface area contributed by atoms with Gasteiger partial charge < -0.3 is 5.32 Å². The van der Waals surface area contributed by atoms with Gasteiger partial charge in [-0.1, -0.05) is 42.5 Å². The first-order chi connectivity index (χ1) is 12.2. The van der Waals surface area contributed by atoms with Gasteiger partial charge in [0.1, 0.15) is 5.82 Å². The van der Waals surface area contributed by atoms with Gasteiger partial charge >= 0.3 is 0 Å². The molecule has 1 saturated heterocycles. The molecule has 25 heavy (non-hydrogen) atoms.